The monoisotopic (exact) mass is 249 g/mol. The van der Waals surface area contributed by atoms with Gasteiger partial charge in [0.1, 0.15) is 0 Å². The normalized spacial score (nSPS) is 13.7. The number of rotatable bonds is 5. The van der Waals surface area contributed by atoms with Gasteiger partial charge >= 0.3 is 0 Å². The van der Waals surface area contributed by atoms with Gasteiger partial charge in [-0.2, -0.15) is 0 Å². The van der Waals surface area contributed by atoms with Crippen molar-refractivity contribution in [2.75, 3.05) is 6.61 Å². The second kappa shape index (κ2) is 6.35. The first-order chi connectivity index (χ1) is 8.34. The maximum absolute atomic E-state index is 9.15. The molecule has 1 aromatic rings. The van der Waals surface area contributed by atoms with Crippen molar-refractivity contribution in [2.45, 2.75) is 53.6 Å². The quantitative estimate of drug-likeness (QED) is 0.840. The van der Waals surface area contributed by atoms with Gasteiger partial charge in [-0.15, -0.1) is 0 Å². The van der Waals surface area contributed by atoms with Crippen LogP contribution in [-0.2, 0) is 6.54 Å². The molecule has 2 N–H and O–H groups in total. The van der Waals surface area contributed by atoms with Crippen molar-refractivity contribution in [3.05, 3.63) is 34.9 Å². The lowest BCUT2D eigenvalue weighted by molar-refractivity contribution is 0.196. The van der Waals surface area contributed by atoms with E-state index >= 15 is 0 Å². The molecule has 1 aromatic carbocycles. The fourth-order valence-corrected chi connectivity index (χ4v) is 2.25. The van der Waals surface area contributed by atoms with Gasteiger partial charge in [0.05, 0.1) is 0 Å². The Morgan fingerprint density at radius 3 is 2.39 bits per heavy atom. The SMILES string of the molecule is Cc1ccc(CNC(CCO)C(C)(C)C)c(C)c1. The molecular weight excluding hydrogens is 222 g/mol. The minimum atomic E-state index is 0.168. The first-order valence-electron chi connectivity index (χ1n) is 6.75. The molecule has 2 heteroatoms. The van der Waals surface area contributed by atoms with E-state index in [0.717, 1.165) is 13.0 Å². The molecule has 0 saturated carbocycles. The molecule has 1 rings (SSSR count). The van der Waals surface area contributed by atoms with E-state index in [9.17, 15) is 0 Å². The van der Waals surface area contributed by atoms with Crippen molar-refractivity contribution >= 4 is 0 Å². The zero-order valence-corrected chi connectivity index (χ0v) is 12.4. The van der Waals surface area contributed by atoms with Crippen molar-refractivity contribution in [1.29, 1.82) is 0 Å². The fourth-order valence-electron chi connectivity index (χ4n) is 2.25. The Bertz CT molecular complexity index is 379. The highest BCUT2D eigenvalue weighted by Crippen LogP contribution is 2.22. The van der Waals surface area contributed by atoms with E-state index in [4.69, 9.17) is 5.11 Å². The molecule has 0 amide bonds. The highest BCUT2D eigenvalue weighted by atomic mass is 16.3. The van der Waals surface area contributed by atoms with Crippen LogP contribution in [-0.4, -0.2) is 17.8 Å². The molecule has 2 nitrogen and oxygen atoms in total. The molecule has 0 aliphatic heterocycles. The van der Waals surface area contributed by atoms with Gasteiger partial charge in [-0.3, -0.25) is 0 Å². The molecule has 0 radical (unpaired) electrons. The van der Waals surface area contributed by atoms with Crippen LogP contribution in [0.4, 0.5) is 0 Å². The van der Waals surface area contributed by atoms with Gasteiger partial charge in [0.2, 0.25) is 0 Å². The third-order valence-corrected chi connectivity index (χ3v) is 3.50. The predicted octanol–water partition coefficient (Wildman–Crippen LogP) is 3.19. The molecule has 0 aromatic heterocycles. The van der Waals surface area contributed by atoms with E-state index in [1.807, 2.05) is 0 Å². The summed E-state index contributed by atoms with van der Waals surface area (Å²) < 4.78 is 0. The maximum atomic E-state index is 9.15. The van der Waals surface area contributed by atoms with E-state index < -0.39 is 0 Å². The Labute approximate surface area is 111 Å². The van der Waals surface area contributed by atoms with E-state index in [2.05, 4.69) is 58.1 Å². The number of aliphatic hydroxyl groups excluding tert-OH is 1. The minimum Gasteiger partial charge on any atom is -0.396 e. The third kappa shape index (κ3) is 4.43. The van der Waals surface area contributed by atoms with E-state index in [1.165, 1.54) is 16.7 Å². The van der Waals surface area contributed by atoms with E-state index in [1.54, 1.807) is 0 Å². The van der Waals surface area contributed by atoms with Gasteiger partial charge in [0, 0.05) is 19.2 Å². The van der Waals surface area contributed by atoms with Crippen molar-refractivity contribution in [2.24, 2.45) is 5.41 Å². The van der Waals surface area contributed by atoms with Crippen LogP contribution in [0.5, 0.6) is 0 Å². The fraction of sp³-hybridized carbons (Fsp3) is 0.625. The largest absolute Gasteiger partial charge is 0.396 e. The minimum absolute atomic E-state index is 0.168. The Hall–Kier alpha value is -0.860. The zero-order valence-electron chi connectivity index (χ0n) is 12.4. The van der Waals surface area contributed by atoms with Crippen LogP contribution in [0.2, 0.25) is 0 Å². The van der Waals surface area contributed by atoms with Crippen molar-refractivity contribution in [1.82, 2.24) is 5.32 Å². The van der Waals surface area contributed by atoms with Gasteiger partial charge in [-0.05, 0) is 36.8 Å². The highest BCUT2D eigenvalue weighted by molar-refractivity contribution is 5.30. The smallest absolute Gasteiger partial charge is 0.0446 e. The van der Waals surface area contributed by atoms with Gasteiger partial charge in [0.15, 0.2) is 0 Å². The second-order valence-corrected chi connectivity index (χ2v) is 6.24. The standard InChI is InChI=1S/C16H27NO/c1-12-6-7-14(13(2)10-12)11-17-15(8-9-18)16(3,4)5/h6-7,10,15,17-18H,8-9,11H2,1-5H3. The molecule has 1 unspecified atom stereocenters. The third-order valence-electron chi connectivity index (χ3n) is 3.50. The van der Waals surface area contributed by atoms with Gasteiger partial charge < -0.3 is 10.4 Å². The molecule has 1 atom stereocenters. The van der Waals surface area contributed by atoms with Crippen LogP contribution in [0.3, 0.4) is 0 Å². The number of hydrogen-bond donors (Lipinski definition) is 2. The van der Waals surface area contributed by atoms with Crippen LogP contribution in [0.25, 0.3) is 0 Å². The summed E-state index contributed by atoms with van der Waals surface area (Å²) in [4.78, 5) is 0. The number of aliphatic hydroxyl groups is 1. The van der Waals surface area contributed by atoms with Crippen molar-refractivity contribution in [3.8, 4) is 0 Å². The van der Waals surface area contributed by atoms with Crippen LogP contribution < -0.4 is 5.32 Å². The molecule has 0 bridgehead atoms. The first-order valence-corrected chi connectivity index (χ1v) is 6.75. The Morgan fingerprint density at radius 1 is 1.22 bits per heavy atom. The zero-order chi connectivity index (χ0) is 13.8. The molecule has 0 saturated heterocycles. The maximum Gasteiger partial charge on any atom is 0.0446 e. The van der Waals surface area contributed by atoms with E-state index in [-0.39, 0.29) is 12.0 Å². The lowest BCUT2D eigenvalue weighted by Gasteiger charge is -2.31. The predicted molar refractivity (Wildman–Crippen MR) is 77.7 cm³/mol. The first kappa shape index (κ1) is 15.2. The van der Waals surface area contributed by atoms with Gasteiger partial charge in [-0.25, -0.2) is 0 Å². The summed E-state index contributed by atoms with van der Waals surface area (Å²) >= 11 is 0. The molecule has 102 valence electrons. The summed E-state index contributed by atoms with van der Waals surface area (Å²) in [6.45, 7) is 12.0. The Kier molecular flexibility index (Phi) is 5.36. The molecular formula is C16H27NO. The average Bonchev–Trinajstić information content (AvgIpc) is 2.24. The lowest BCUT2D eigenvalue weighted by atomic mass is 9.84. The highest BCUT2D eigenvalue weighted by Gasteiger charge is 2.23. The summed E-state index contributed by atoms with van der Waals surface area (Å²) in [5, 5.41) is 12.7. The van der Waals surface area contributed by atoms with Crippen LogP contribution in [0, 0.1) is 19.3 Å². The molecule has 0 fully saturated rings. The summed E-state index contributed by atoms with van der Waals surface area (Å²) in [6, 6.07) is 6.90. The second-order valence-electron chi connectivity index (χ2n) is 6.24. The summed E-state index contributed by atoms with van der Waals surface area (Å²) in [5.41, 5.74) is 4.15. The molecule has 0 aliphatic carbocycles. The van der Waals surface area contributed by atoms with Crippen molar-refractivity contribution in [3.63, 3.8) is 0 Å². The summed E-state index contributed by atoms with van der Waals surface area (Å²) in [6.07, 6.45) is 0.800. The van der Waals surface area contributed by atoms with Crippen LogP contribution in [0.1, 0.15) is 43.9 Å². The number of nitrogens with one attached hydrogen (secondary N) is 1. The van der Waals surface area contributed by atoms with Crippen molar-refractivity contribution < 1.29 is 5.11 Å². The van der Waals surface area contributed by atoms with Gasteiger partial charge in [0.25, 0.3) is 0 Å². The Morgan fingerprint density at radius 2 is 1.89 bits per heavy atom. The lowest BCUT2D eigenvalue weighted by Crippen LogP contribution is -2.40. The Balaban J connectivity index is 2.67. The summed E-state index contributed by atoms with van der Waals surface area (Å²) in [7, 11) is 0. The van der Waals surface area contributed by atoms with Crippen LogP contribution >= 0.6 is 0 Å². The van der Waals surface area contributed by atoms with Gasteiger partial charge in [-0.1, -0.05) is 44.5 Å². The van der Waals surface area contributed by atoms with E-state index in [0.29, 0.717) is 6.04 Å². The molecule has 0 heterocycles. The average molecular weight is 249 g/mol. The molecule has 18 heavy (non-hydrogen) atoms. The molecule has 0 spiro atoms. The number of aryl methyl sites for hydroxylation is 2. The molecule has 0 aliphatic rings. The topological polar surface area (TPSA) is 32.3 Å². The number of benzene rings is 1. The summed E-state index contributed by atoms with van der Waals surface area (Å²) in [5.74, 6) is 0. The van der Waals surface area contributed by atoms with Crippen LogP contribution in [0.15, 0.2) is 18.2 Å². The number of hydrogen-bond acceptors (Lipinski definition) is 2.